The molecule has 8 nitrogen and oxygen atoms in total. The number of benzene rings is 1. The van der Waals surface area contributed by atoms with Crippen LogP contribution in [-0.4, -0.2) is 50.6 Å². The van der Waals surface area contributed by atoms with E-state index in [4.69, 9.17) is 4.74 Å². The fourth-order valence-electron chi connectivity index (χ4n) is 4.49. The van der Waals surface area contributed by atoms with Crippen LogP contribution in [0.2, 0.25) is 0 Å². The van der Waals surface area contributed by atoms with Crippen LogP contribution in [0.3, 0.4) is 0 Å². The number of nitrogens with zero attached hydrogens (tertiary/aromatic N) is 4. The van der Waals surface area contributed by atoms with Crippen molar-refractivity contribution in [3.63, 3.8) is 0 Å². The number of hydrogen-bond donors (Lipinski definition) is 2. The number of carbonyl (C=O) groups excluding carboxylic acids is 1. The number of halogens is 1. The summed E-state index contributed by atoms with van der Waals surface area (Å²) in [6, 6.07) is 10.4. The van der Waals surface area contributed by atoms with E-state index in [1.54, 1.807) is 24.7 Å². The third-order valence-corrected chi connectivity index (χ3v) is 6.18. The largest absolute Gasteiger partial charge is 0.477 e. The first-order valence-corrected chi connectivity index (χ1v) is 11.2. The Morgan fingerprint density at radius 2 is 2.09 bits per heavy atom. The molecule has 3 heterocycles. The van der Waals surface area contributed by atoms with Crippen molar-refractivity contribution >= 4 is 11.6 Å². The van der Waals surface area contributed by atoms with Crippen molar-refractivity contribution in [1.29, 1.82) is 0 Å². The highest BCUT2D eigenvalue weighted by Gasteiger charge is 2.33. The summed E-state index contributed by atoms with van der Waals surface area (Å²) in [5.41, 5.74) is 1.50. The fraction of sp³-hybridized carbons (Fsp3) is 0.375. The second kappa shape index (κ2) is 9.19. The number of rotatable bonds is 5. The summed E-state index contributed by atoms with van der Waals surface area (Å²) in [5.74, 6) is 0.00113. The number of aliphatic hydroxyl groups excluding tert-OH is 1. The molecule has 5 rings (SSSR count). The molecular formula is C24H26FN5O3. The summed E-state index contributed by atoms with van der Waals surface area (Å²) >= 11 is 0. The molecule has 2 aliphatic rings. The molecule has 1 aromatic carbocycles. The number of aromatic nitrogens is 3. The van der Waals surface area contributed by atoms with Crippen LogP contribution in [0.5, 0.6) is 5.75 Å². The van der Waals surface area contributed by atoms with E-state index in [2.05, 4.69) is 15.4 Å². The van der Waals surface area contributed by atoms with E-state index in [0.717, 1.165) is 24.9 Å². The van der Waals surface area contributed by atoms with E-state index < -0.39 is 18.0 Å². The van der Waals surface area contributed by atoms with Gasteiger partial charge in [0, 0.05) is 25.1 Å². The Bertz CT molecular complexity index is 1120. The van der Waals surface area contributed by atoms with Gasteiger partial charge >= 0.3 is 0 Å². The van der Waals surface area contributed by atoms with Gasteiger partial charge in [0.2, 0.25) is 0 Å². The number of nitrogens with one attached hydrogen (secondary N) is 1. The summed E-state index contributed by atoms with van der Waals surface area (Å²) in [5, 5.41) is 17.2. The summed E-state index contributed by atoms with van der Waals surface area (Å²) in [6.07, 6.45) is 6.95. The Morgan fingerprint density at radius 3 is 2.88 bits per heavy atom. The summed E-state index contributed by atoms with van der Waals surface area (Å²) in [4.78, 5) is 19.2. The van der Waals surface area contributed by atoms with Crippen molar-refractivity contribution in [2.45, 2.75) is 50.5 Å². The van der Waals surface area contributed by atoms with Crippen molar-refractivity contribution in [3.8, 4) is 11.6 Å². The molecule has 172 valence electrons. The van der Waals surface area contributed by atoms with Gasteiger partial charge in [-0.25, -0.2) is 14.1 Å². The van der Waals surface area contributed by atoms with E-state index in [-0.39, 0.29) is 17.8 Å². The molecule has 1 aliphatic carbocycles. The molecule has 0 bridgehead atoms. The van der Waals surface area contributed by atoms with Gasteiger partial charge < -0.3 is 20.1 Å². The van der Waals surface area contributed by atoms with E-state index in [9.17, 15) is 14.3 Å². The minimum absolute atomic E-state index is 0.134. The predicted molar refractivity (Wildman–Crippen MR) is 120 cm³/mol. The van der Waals surface area contributed by atoms with Crippen molar-refractivity contribution in [2.75, 3.05) is 11.4 Å². The van der Waals surface area contributed by atoms with Crippen LogP contribution in [0.15, 0.2) is 55.0 Å². The van der Waals surface area contributed by atoms with Gasteiger partial charge in [-0.05, 0) is 42.7 Å². The number of hydrogen-bond acceptors (Lipinski definition) is 6. The van der Waals surface area contributed by atoms with Gasteiger partial charge in [-0.2, -0.15) is 5.10 Å². The third-order valence-electron chi connectivity index (χ3n) is 6.18. The first-order chi connectivity index (χ1) is 16.1. The number of carbonyl (C=O) groups is 1. The van der Waals surface area contributed by atoms with E-state index in [0.29, 0.717) is 30.8 Å². The summed E-state index contributed by atoms with van der Waals surface area (Å²) in [6.45, 7) is 0.660. The lowest BCUT2D eigenvalue weighted by Crippen LogP contribution is -2.54. The molecule has 0 saturated heterocycles. The van der Waals surface area contributed by atoms with Crippen molar-refractivity contribution < 1.29 is 19.0 Å². The Hall–Kier alpha value is -3.46. The van der Waals surface area contributed by atoms with Gasteiger partial charge in [0.15, 0.2) is 17.7 Å². The maximum Gasteiger partial charge on any atom is 0.263 e. The minimum atomic E-state index is -0.741. The number of fused-ring (bicyclic) bond motifs is 1. The lowest BCUT2D eigenvalue weighted by Gasteiger charge is -2.37. The second-order valence-electron chi connectivity index (χ2n) is 8.52. The molecule has 3 aromatic rings. The molecule has 33 heavy (non-hydrogen) atoms. The van der Waals surface area contributed by atoms with Crippen molar-refractivity contribution in [2.24, 2.45) is 0 Å². The highest BCUT2D eigenvalue weighted by atomic mass is 19.1. The second-order valence-corrected chi connectivity index (χ2v) is 8.52. The topological polar surface area (TPSA) is 92.5 Å². The minimum Gasteiger partial charge on any atom is -0.477 e. The zero-order chi connectivity index (χ0) is 22.8. The quantitative estimate of drug-likeness (QED) is 0.620. The fourth-order valence-corrected chi connectivity index (χ4v) is 4.49. The Balaban J connectivity index is 1.34. The van der Waals surface area contributed by atoms with Gasteiger partial charge in [0.05, 0.1) is 24.4 Å². The van der Waals surface area contributed by atoms with Crippen LogP contribution < -0.4 is 15.0 Å². The van der Waals surface area contributed by atoms with Crippen LogP contribution in [0.1, 0.15) is 31.2 Å². The van der Waals surface area contributed by atoms with Gasteiger partial charge in [0.25, 0.3) is 5.91 Å². The molecule has 2 N–H and O–H groups in total. The normalized spacial score (nSPS) is 22.4. The predicted octanol–water partition coefficient (Wildman–Crippen LogP) is 2.59. The van der Waals surface area contributed by atoms with Crippen LogP contribution in [0.25, 0.3) is 5.82 Å². The highest BCUT2D eigenvalue weighted by Crippen LogP contribution is 2.34. The summed E-state index contributed by atoms with van der Waals surface area (Å²) < 4.78 is 22.1. The molecule has 1 unspecified atom stereocenters. The molecule has 0 radical (unpaired) electrons. The third kappa shape index (κ3) is 4.54. The Labute approximate surface area is 191 Å². The Kier molecular flexibility index (Phi) is 5.95. The van der Waals surface area contributed by atoms with Crippen LogP contribution in [-0.2, 0) is 11.3 Å². The lowest BCUT2D eigenvalue weighted by atomic mass is 9.92. The number of ether oxygens (including phenoxy) is 1. The van der Waals surface area contributed by atoms with E-state index in [1.165, 1.54) is 10.7 Å². The van der Waals surface area contributed by atoms with Crippen molar-refractivity contribution in [3.05, 3.63) is 66.4 Å². The van der Waals surface area contributed by atoms with Gasteiger partial charge in [0.1, 0.15) is 5.75 Å². The van der Waals surface area contributed by atoms with Crippen LogP contribution in [0, 0.1) is 5.82 Å². The molecule has 3 atom stereocenters. The van der Waals surface area contributed by atoms with E-state index >= 15 is 0 Å². The van der Waals surface area contributed by atoms with Gasteiger partial charge in [-0.1, -0.05) is 25.0 Å². The lowest BCUT2D eigenvalue weighted by molar-refractivity contribution is -0.129. The van der Waals surface area contributed by atoms with E-state index in [1.807, 2.05) is 29.2 Å². The average molecular weight is 452 g/mol. The molecule has 0 spiro atoms. The Morgan fingerprint density at radius 1 is 1.24 bits per heavy atom. The highest BCUT2D eigenvalue weighted by molar-refractivity contribution is 5.83. The summed E-state index contributed by atoms with van der Waals surface area (Å²) in [7, 11) is 0. The molecule has 1 aliphatic heterocycles. The zero-order valence-electron chi connectivity index (χ0n) is 18.1. The van der Waals surface area contributed by atoms with Crippen molar-refractivity contribution in [1.82, 2.24) is 20.1 Å². The number of anilines is 1. The SMILES string of the molecule is O=C(N[C@H]1CCCC[C@@H]1O)C1CN(Cc2cnc(-n3cccn3)c(F)c2)c2ccccc2O1. The molecular weight excluding hydrogens is 425 g/mol. The molecule has 1 saturated carbocycles. The first-order valence-electron chi connectivity index (χ1n) is 11.2. The molecule has 2 aromatic heterocycles. The molecule has 1 fully saturated rings. The number of pyridine rings is 1. The maximum atomic E-state index is 14.7. The van der Waals surface area contributed by atoms with Gasteiger partial charge in [-0.15, -0.1) is 0 Å². The maximum absolute atomic E-state index is 14.7. The van der Waals surface area contributed by atoms with Gasteiger partial charge in [-0.3, -0.25) is 4.79 Å². The number of aliphatic hydroxyl groups is 1. The van der Waals surface area contributed by atoms with Crippen LogP contribution in [0.4, 0.5) is 10.1 Å². The average Bonchev–Trinajstić information content (AvgIpc) is 3.35. The molecule has 1 amide bonds. The zero-order valence-corrected chi connectivity index (χ0v) is 18.1. The number of amides is 1. The van der Waals surface area contributed by atoms with Crippen LogP contribution >= 0.6 is 0 Å². The first kappa shape index (κ1) is 21.4. The molecule has 9 heteroatoms. The smallest absolute Gasteiger partial charge is 0.263 e. The standard InChI is InChI=1S/C24H26FN5O3/c25-17-12-16(13-26-23(17)30-11-5-10-27-30)14-29-15-22(33-21-9-4-2-7-19(21)29)24(32)28-18-6-1-3-8-20(18)31/h2,4-5,7,9-13,18,20,22,31H,1,3,6,8,14-15H2,(H,28,32)/t18-,20-,22?/m0/s1. The monoisotopic (exact) mass is 451 g/mol. The number of para-hydroxylation sites is 2.